The fourth-order valence-corrected chi connectivity index (χ4v) is 6.28. The monoisotopic (exact) mass is 628 g/mol. The number of amides is 3. The van der Waals surface area contributed by atoms with E-state index in [4.69, 9.17) is 18.9 Å². The molecule has 45 heavy (non-hydrogen) atoms. The third kappa shape index (κ3) is 6.01. The van der Waals surface area contributed by atoms with Gasteiger partial charge in [0.2, 0.25) is 0 Å². The molecule has 14 heteroatoms. The number of nitro benzene ring substituents is 1. The number of nitrogens with zero attached hydrogens (tertiary/aromatic N) is 3. The van der Waals surface area contributed by atoms with Crippen molar-refractivity contribution < 1.29 is 52.6 Å². The quantitative estimate of drug-likeness (QED) is 0.191. The number of imide groups is 1. The predicted molar refractivity (Wildman–Crippen MR) is 158 cm³/mol. The van der Waals surface area contributed by atoms with Crippen molar-refractivity contribution in [2.45, 2.75) is 70.2 Å². The number of carbonyl (C=O) groups is 4. The summed E-state index contributed by atoms with van der Waals surface area (Å²) in [6.45, 7) is 4.88. The van der Waals surface area contributed by atoms with Gasteiger partial charge in [-0.05, 0) is 52.0 Å². The molecule has 2 aliphatic rings. The van der Waals surface area contributed by atoms with E-state index in [1.807, 2.05) is 18.2 Å². The maximum Gasteiger partial charge on any atom is 0.521 e. The average Bonchev–Trinajstić information content (AvgIpc) is 3.01. The Labute approximate surface area is 260 Å². The molecule has 1 saturated heterocycles. The maximum absolute atomic E-state index is 14.5. The van der Waals surface area contributed by atoms with E-state index >= 15 is 0 Å². The zero-order valence-electron chi connectivity index (χ0n) is 25.9. The van der Waals surface area contributed by atoms with Gasteiger partial charge in [0.25, 0.3) is 5.69 Å². The van der Waals surface area contributed by atoms with Gasteiger partial charge in [0, 0.05) is 6.07 Å². The second kappa shape index (κ2) is 12.7. The van der Waals surface area contributed by atoms with Crippen LogP contribution in [-0.4, -0.2) is 88.0 Å². The van der Waals surface area contributed by atoms with Crippen molar-refractivity contribution in [1.82, 2.24) is 4.90 Å². The van der Waals surface area contributed by atoms with Crippen molar-refractivity contribution in [1.29, 1.82) is 0 Å². The number of quaternary nitrogens is 1. The fourth-order valence-electron chi connectivity index (χ4n) is 6.28. The molecule has 1 N–H and O–H groups in total. The molecule has 1 atom stereocenters. The molecule has 0 radical (unpaired) electrons. The van der Waals surface area contributed by atoms with Gasteiger partial charge in [-0.2, -0.15) is 9.28 Å². The van der Waals surface area contributed by atoms with E-state index in [9.17, 15) is 34.4 Å². The molecule has 0 aromatic heterocycles. The molecule has 2 aromatic carbocycles. The van der Waals surface area contributed by atoms with Gasteiger partial charge in [-0.25, -0.2) is 14.4 Å². The lowest BCUT2D eigenvalue weighted by atomic mass is 9.75. The summed E-state index contributed by atoms with van der Waals surface area (Å²) in [5.74, 6) is -1.46. The van der Waals surface area contributed by atoms with Crippen LogP contribution >= 0.6 is 0 Å². The predicted octanol–water partition coefficient (Wildman–Crippen LogP) is 4.92. The Bertz CT molecular complexity index is 1480. The van der Waals surface area contributed by atoms with Crippen molar-refractivity contribution >= 4 is 29.8 Å². The Balaban J connectivity index is 1.65. The third-order valence-corrected chi connectivity index (χ3v) is 8.76. The van der Waals surface area contributed by atoms with Crippen LogP contribution < -0.4 is 9.47 Å². The van der Waals surface area contributed by atoms with Gasteiger partial charge in [-0.3, -0.25) is 15.0 Å². The Morgan fingerprint density at radius 1 is 1.09 bits per heavy atom. The Hall–Kier alpha value is -4.72. The van der Waals surface area contributed by atoms with Gasteiger partial charge in [-0.1, -0.05) is 30.3 Å². The lowest BCUT2D eigenvalue weighted by Crippen LogP contribution is -2.80. The van der Waals surface area contributed by atoms with E-state index in [-0.39, 0.29) is 62.4 Å². The van der Waals surface area contributed by atoms with Crippen molar-refractivity contribution in [3.8, 4) is 11.5 Å². The Kier molecular flexibility index (Phi) is 9.38. The van der Waals surface area contributed by atoms with Crippen LogP contribution in [0.3, 0.4) is 0 Å². The lowest BCUT2D eigenvalue weighted by molar-refractivity contribution is -0.838. The van der Waals surface area contributed by atoms with E-state index < -0.39 is 56.3 Å². The van der Waals surface area contributed by atoms with Crippen LogP contribution in [0, 0.1) is 10.1 Å². The number of rotatable bonds is 7. The van der Waals surface area contributed by atoms with Crippen LogP contribution in [0.25, 0.3) is 0 Å². The number of methoxy groups -OCH3 is 2. The molecule has 1 saturated carbocycles. The first-order valence-corrected chi connectivity index (χ1v) is 14.5. The molecule has 0 bridgehead atoms. The minimum absolute atomic E-state index is 0.0174. The first kappa shape index (κ1) is 33.2. The lowest BCUT2D eigenvalue weighted by Gasteiger charge is -2.55. The maximum atomic E-state index is 14.5. The Morgan fingerprint density at radius 3 is 2.27 bits per heavy atom. The molecule has 2 fully saturated rings. The summed E-state index contributed by atoms with van der Waals surface area (Å²) in [7, 11) is 2.40. The second-order valence-electron chi connectivity index (χ2n) is 12.1. The smallest absolute Gasteiger partial charge is 0.493 e. The number of hydrogen-bond donors (Lipinski definition) is 1. The molecule has 1 aliphatic heterocycles. The molecule has 1 spiro atoms. The molecule has 0 unspecified atom stereocenters. The molecule has 1 heterocycles. The summed E-state index contributed by atoms with van der Waals surface area (Å²) in [5, 5.41) is 22.0. The van der Waals surface area contributed by atoms with Gasteiger partial charge in [0.15, 0.2) is 17.0 Å². The normalized spacial score (nSPS) is 23.3. The zero-order valence-corrected chi connectivity index (χ0v) is 25.9. The van der Waals surface area contributed by atoms with E-state index in [0.29, 0.717) is 0 Å². The summed E-state index contributed by atoms with van der Waals surface area (Å²) >= 11 is 0. The van der Waals surface area contributed by atoms with Gasteiger partial charge in [-0.15, -0.1) is 0 Å². The van der Waals surface area contributed by atoms with Gasteiger partial charge in [0.1, 0.15) is 24.3 Å². The average molecular weight is 629 g/mol. The van der Waals surface area contributed by atoms with Crippen LogP contribution in [0.4, 0.5) is 15.3 Å². The highest BCUT2D eigenvalue weighted by molar-refractivity contribution is 5.95. The number of nitro groups is 1. The highest BCUT2D eigenvalue weighted by Crippen LogP contribution is 2.45. The molecule has 2 aromatic rings. The first-order valence-electron chi connectivity index (χ1n) is 14.5. The molecule has 1 aliphatic carbocycles. The van der Waals surface area contributed by atoms with Gasteiger partial charge in [0.05, 0.1) is 37.9 Å². The first-order chi connectivity index (χ1) is 21.2. The number of carbonyl (C=O) groups excluding carboxylic acids is 3. The van der Waals surface area contributed by atoms with Crippen LogP contribution in [0.2, 0.25) is 0 Å². The van der Waals surface area contributed by atoms with Gasteiger partial charge >= 0.3 is 24.1 Å². The molecular formula is C31H38N3O11+. The number of benzene rings is 2. The molecule has 14 nitrogen and oxygen atoms in total. The summed E-state index contributed by atoms with van der Waals surface area (Å²) in [4.78, 5) is 65.3. The highest BCUT2D eigenvalue weighted by atomic mass is 16.6. The molecular weight excluding hydrogens is 590 g/mol. The minimum Gasteiger partial charge on any atom is -0.493 e. The largest absolute Gasteiger partial charge is 0.521 e. The molecule has 3 amide bonds. The van der Waals surface area contributed by atoms with Gasteiger partial charge < -0.3 is 24.1 Å². The summed E-state index contributed by atoms with van der Waals surface area (Å²) in [6.07, 6.45) is -2.01. The highest BCUT2D eigenvalue weighted by Gasteiger charge is 2.68. The van der Waals surface area contributed by atoms with Crippen molar-refractivity contribution in [3.63, 3.8) is 0 Å². The Morgan fingerprint density at radius 2 is 1.73 bits per heavy atom. The second-order valence-corrected chi connectivity index (χ2v) is 12.1. The number of ether oxygens (including phenoxy) is 4. The standard InChI is InChI=1S/C31H37N3O11/c1-30(2,3)34(29(38)39)16-15-32(28(37)44-19-20-9-7-6-8-10-20)31(27(34)36)13-11-21(12-14-31)45-25-17-22(26(35)43-5)23(33(40)41)18-24(25)42-4/h6-10,17-18,21H,11-16,19H2,1-5H3/p+1/t21?,31?,34-/m1/s1. The van der Waals surface area contributed by atoms with E-state index in [2.05, 4.69) is 0 Å². The van der Waals surface area contributed by atoms with Crippen LogP contribution in [0.15, 0.2) is 42.5 Å². The number of esters is 1. The molecule has 242 valence electrons. The summed E-state index contributed by atoms with van der Waals surface area (Å²) in [5.41, 5.74) is -2.59. The van der Waals surface area contributed by atoms with Crippen LogP contribution in [0.1, 0.15) is 62.4 Å². The SMILES string of the molecule is COC(=O)c1cc(OC2CCC3(CC2)C(=O)[N@+](C(=O)O)(C(C)(C)C)CCN3C(=O)OCc2ccccc2)c(OC)cc1[N+](=O)[O-]. The minimum atomic E-state index is -1.49. The zero-order chi connectivity index (χ0) is 33.2. The summed E-state index contributed by atoms with van der Waals surface area (Å²) < 4.78 is 20.9. The number of carboxylic acid groups (broad SMARTS) is 1. The fraction of sp³-hybridized carbons (Fsp3) is 0.484. The van der Waals surface area contributed by atoms with Crippen molar-refractivity contribution in [2.24, 2.45) is 0 Å². The van der Waals surface area contributed by atoms with Crippen molar-refractivity contribution in [2.75, 3.05) is 27.3 Å². The van der Waals surface area contributed by atoms with E-state index in [1.54, 1.807) is 32.9 Å². The van der Waals surface area contributed by atoms with Crippen molar-refractivity contribution in [3.05, 3.63) is 63.7 Å². The molecule has 4 rings (SSSR count). The van der Waals surface area contributed by atoms with Crippen LogP contribution in [-0.2, 0) is 20.9 Å². The topological polar surface area (TPSA) is 172 Å². The summed E-state index contributed by atoms with van der Waals surface area (Å²) in [6, 6.07) is 11.3. The number of hydrogen-bond acceptors (Lipinski definition) is 10. The third-order valence-electron chi connectivity index (χ3n) is 8.76. The number of piperazine rings is 1. The van der Waals surface area contributed by atoms with E-state index in [0.717, 1.165) is 18.7 Å². The van der Waals surface area contributed by atoms with E-state index in [1.165, 1.54) is 18.1 Å². The van der Waals surface area contributed by atoms with Crippen LogP contribution in [0.5, 0.6) is 11.5 Å².